The molecule has 0 aromatic carbocycles. The molecule has 0 radical (unpaired) electrons. The highest BCUT2D eigenvalue weighted by molar-refractivity contribution is 7.47. The van der Waals surface area contributed by atoms with Crippen LogP contribution in [0.2, 0.25) is 0 Å². The van der Waals surface area contributed by atoms with Crippen LogP contribution >= 0.6 is 15.6 Å². The lowest BCUT2D eigenvalue weighted by atomic mass is 9.99. The summed E-state index contributed by atoms with van der Waals surface area (Å²) in [6.45, 7) is 14.4. The smallest absolute Gasteiger partial charge is 0.462 e. The minimum Gasteiger partial charge on any atom is -0.462 e. The van der Waals surface area contributed by atoms with Crippen molar-refractivity contribution in [3.63, 3.8) is 0 Å². The number of phosphoric acid groups is 2. The topological polar surface area (TPSA) is 237 Å². The second-order valence-electron chi connectivity index (χ2n) is 33.7. The van der Waals surface area contributed by atoms with E-state index in [9.17, 15) is 43.2 Å². The second kappa shape index (κ2) is 77.6. The number of carbonyl (C=O) groups excluding carboxylic acids is 4. The lowest BCUT2D eigenvalue weighted by Gasteiger charge is -2.21. The average Bonchev–Trinajstić information content (AvgIpc) is 0.899. The van der Waals surface area contributed by atoms with E-state index in [1.807, 2.05) is 0 Å². The third-order valence-corrected chi connectivity index (χ3v) is 23.1. The molecule has 6 atom stereocenters. The fourth-order valence-electron chi connectivity index (χ4n) is 13.8. The summed E-state index contributed by atoms with van der Waals surface area (Å²) in [7, 11) is -9.93. The first-order chi connectivity index (χ1) is 52.1. The van der Waals surface area contributed by atoms with E-state index in [2.05, 4.69) is 55.4 Å². The number of hydrogen-bond acceptors (Lipinski definition) is 15. The predicted octanol–water partition coefficient (Wildman–Crippen LogP) is 27.1. The van der Waals surface area contributed by atoms with Gasteiger partial charge >= 0.3 is 39.5 Å². The summed E-state index contributed by atoms with van der Waals surface area (Å²) in [4.78, 5) is 73.3. The zero-order chi connectivity index (χ0) is 79.5. The monoisotopic (exact) mass is 1580 g/mol. The molecule has 0 saturated heterocycles. The van der Waals surface area contributed by atoms with Gasteiger partial charge in [-0.1, -0.05) is 415 Å². The Labute approximate surface area is 664 Å². The second-order valence-corrected chi connectivity index (χ2v) is 36.6. The molecule has 0 amide bonds. The number of carbonyl (C=O) groups is 4. The van der Waals surface area contributed by atoms with Crippen LogP contribution in [-0.2, 0) is 65.4 Å². The quantitative estimate of drug-likeness (QED) is 0.0222. The fourth-order valence-corrected chi connectivity index (χ4v) is 15.4. The molecule has 3 unspecified atom stereocenters. The number of aliphatic hydroxyl groups is 1. The minimum absolute atomic E-state index is 0.106. The molecule has 3 N–H and O–H groups in total. The van der Waals surface area contributed by atoms with Crippen molar-refractivity contribution in [3.05, 3.63) is 0 Å². The van der Waals surface area contributed by atoms with Crippen molar-refractivity contribution in [1.82, 2.24) is 0 Å². The van der Waals surface area contributed by atoms with Crippen molar-refractivity contribution in [2.75, 3.05) is 39.6 Å². The van der Waals surface area contributed by atoms with Gasteiger partial charge in [-0.05, 0) is 49.4 Å². The van der Waals surface area contributed by atoms with E-state index in [-0.39, 0.29) is 25.7 Å². The number of aliphatic hydroxyl groups excluding tert-OH is 1. The highest BCUT2D eigenvalue weighted by Crippen LogP contribution is 2.45. The van der Waals surface area contributed by atoms with Crippen LogP contribution in [0.15, 0.2) is 0 Å². The van der Waals surface area contributed by atoms with Crippen LogP contribution in [0.5, 0.6) is 0 Å². The molecule has 0 rings (SSSR count). The van der Waals surface area contributed by atoms with Crippen molar-refractivity contribution in [2.45, 2.75) is 485 Å². The van der Waals surface area contributed by atoms with E-state index >= 15 is 0 Å². The van der Waals surface area contributed by atoms with Gasteiger partial charge in [0.25, 0.3) is 0 Å². The summed E-state index contributed by atoms with van der Waals surface area (Å²) in [5.41, 5.74) is 0. The maximum atomic E-state index is 13.2. The predicted molar refractivity (Wildman–Crippen MR) is 446 cm³/mol. The lowest BCUT2D eigenvalue weighted by Crippen LogP contribution is -2.30. The Morgan fingerprint density at radius 3 is 0.657 bits per heavy atom. The zero-order valence-corrected chi connectivity index (χ0v) is 73.3. The van der Waals surface area contributed by atoms with Gasteiger partial charge in [-0.3, -0.25) is 37.3 Å². The van der Waals surface area contributed by atoms with E-state index < -0.39 is 97.5 Å². The highest BCUT2D eigenvalue weighted by atomic mass is 31.2. The normalized spacial score (nSPS) is 14.1. The summed E-state index contributed by atoms with van der Waals surface area (Å²) in [6.07, 6.45) is 68.1. The maximum absolute atomic E-state index is 13.2. The summed E-state index contributed by atoms with van der Waals surface area (Å²) >= 11 is 0. The van der Waals surface area contributed by atoms with E-state index in [4.69, 9.17) is 37.0 Å². The molecule has 0 spiro atoms. The summed E-state index contributed by atoms with van der Waals surface area (Å²) < 4.78 is 69.0. The van der Waals surface area contributed by atoms with Crippen molar-refractivity contribution in [1.29, 1.82) is 0 Å². The molecule has 0 aliphatic rings. The number of unbranched alkanes of at least 4 members (excludes halogenated alkanes) is 51. The van der Waals surface area contributed by atoms with Crippen LogP contribution in [-0.4, -0.2) is 96.7 Å². The van der Waals surface area contributed by atoms with Gasteiger partial charge in [-0.2, -0.15) is 0 Å². The van der Waals surface area contributed by atoms with Crippen molar-refractivity contribution >= 4 is 39.5 Å². The Morgan fingerprint density at radius 1 is 0.259 bits per heavy atom. The molecule has 0 aliphatic carbocycles. The molecule has 642 valence electrons. The largest absolute Gasteiger partial charge is 0.472 e. The van der Waals surface area contributed by atoms with Crippen LogP contribution in [0.3, 0.4) is 0 Å². The van der Waals surface area contributed by atoms with Crippen LogP contribution in [0.1, 0.15) is 466 Å². The highest BCUT2D eigenvalue weighted by Gasteiger charge is 2.31. The average molecular weight is 1580 g/mol. The third-order valence-electron chi connectivity index (χ3n) is 21.2. The van der Waals surface area contributed by atoms with Gasteiger partial charge < -0.3 is 33.8 Å². The Hall–Kier alpha value is -1.94. The molecule has 0 bridgehead atoms. The zero-order valence-electron chi connectivity index (χ0n) is 71.5. The summed E-state index contributed by atoms with van der Waals surface area (Å²) in [6, 6.07) is 0. The van der Waals surface area contributed by atoms with E-state index in [1.54, 1.807) is 0 Å². The molecule has 0 saturated carbocycles. The molecule has 17 nitrogen and oxygen atoms in total. The van der Waals surface area contributed by atoms with Crippen molar-refractivity contribution in [2.24, 2.45) is 23.7 Å². The minimum atomic E-state index is -4.97. The standard InChI is InChI=1S/C89H174O17P2/c1-9-82(8)68-60-52-44-36-27-23-19-15-11-13-17-21-25-29-38-47-55-63-71-88(93)105-84(75-99-86(91)69-61-53-45-37-28-24-20-16-12-10-14-18-22-26-33-41-49-57-65-79(2)3)77-103-107(95,96)101-73-83(90)74-102-108(97,98)104-78-85(76-100-87(92)70-62-54-46-40-32-35-43-51-59-67-81(6)7)106-89(94)72-64-56-48-39-31-30-34-42-50-58-66-80(4)5/h79-85,90H,9-78H2,1-8H3,(H,95,96)(H,97,98)/t82?,83-,84-,85-/m1/s1. The third kappa shape index (κ3) is 80.7. The number of hydrogen-bond donors (Lipinski definition) is 3. The van der Waals surface area contributed by atoms with E-state index in [0.29, 0.717) is 25.7 Å². The van der Waals surface area contributed by atoms with Crippen molar-refractivity contribution < 1.29 is 80.2 Å². The van der Waals surface area contributed by atoms with Crippen LogP contribution in [0.25, 0.3) is 0 Å². The van der Waals surface area contributed by atoms with E-state index in [1.165, 1.54) is 270 Å². The van der Waals surface area contributed by atoms with Gasteiger partial charge in [-0.15, -0.1) is 0 Å². The molecule has 19 heteroatoms. The first-order valence-corrected chi connectivity index (χ1v) is 48.7. The lowest BCUT2D eigenvalue weighted by molar-refractivity contribution is -0.161. The Kier molecular flexibility index (Phi) is 76.2. The molecule has 0 heterocycles. The molecule has 0 aliphatic heterocycles. The van der Waals surface area contributed by atoms with Crippen LogP contribution in [0, 0.1) is 23.7 Å². The first kappa shape index (κ1) is 106. The van der Waals surface area contributed by atoms with Crippen LogP contribution in [0.4, 0.5) is 0 Å². The Balaban J connectivity index is 5.23. The number of phosphoric ester groups is 2. The molecular formula is C89H174O17P2. The van der Waals surface area contributed by atoms with Gasteiger partial charge in [0.15, 0.2) is 12.2 Å². The summed E-state index contributed by atoms with van der Waals surface area (Å²) in [5.74, 6) is 1.08. The van der Waals surface area contributed by atoms with Crippen molar-refractivity contribution in [3.8, 4) is 0 Å². The number of rotatable bonds is 86. The Morgan fingerprint density at radius 2 is 0.444 bits per heavy atom. The summed E-state index contributed by atoms with van der Waals surface area (Å²) in [5, 5.41) is 10.7. The first-order valence-electron chi connectivity index (χ1n) is 45.7. The SMILES string of the molecule is CCC(C)CCCCCCCCCCCCCCCCCCCCC(=O)O[C@H](COC(=O)CCCCCCCCCCCCCCCCCCCCC(C)C)COP(=O)(O)OC[C@@H](O)COP(=O)(O)OC[C@@H](COC(=O)CCCCCCCCCCCC(C)C)OC(=O)CCCCCCCCCCCCC(C)C. The molecule has 108 heavy (non-hydrogen) atoms. The Bertz CT molecular complexity index is 2100. The van der Waals surface area contributed by atoms with Gasteiger partial charge in [0, 0.05) is 25.7 Å². The number of ether oxygens (including phenoxy) is 4. The van der Waals surface area contributed by atoms with E-state index in [0.717, 1.165) is 114 Å². The van der Waals surface area contributed by atoms with Gasteiger partial charge in [0.05, 0.1) is 26.4 Å². The molecular weight excluding hydrogens is 1400 g/mol. The van der Waals surface area contributed by atoms with Gasteiger partial charge in [0.2, 0.25) is 0 Å². The molecule has 0 aromatic heterocycles. The maximum Gasteiger partial charge on any atom is 0.472 e. The fraction of sp³-hybridized carbons (Fsp3) is 0.955. The van der Waals surface area contributed by atoms with Crippen LogP contribution < -0.4 is 0 Å². The van der Waals surface area contributed by atoms with Gasteiger partial charge in [0.1, 0.15) is 19.3 Å². The number of esters is 4. The van der Waals surface area contributed by atoms with Gasteiger partial charge in [-0.25, -0.2) is 9.13 Å². The molecule has 0 aromatic rings. The molecule has 0 fully saturated rings.